The summed E-state index contributed by atoms with van der Waals surface area (Å²) in [6.45, 7) is 3.58. The largest absolute Gasteiger partial charge is 0.476 e. The number of rotatable bonds is 7. The molecule has 0 atom stereocenters. The molecule has 0 spiro atoms. The molecule has 0 saturated heterocycles. The molecule has 3 rings (SSSR count). The van der Waals surface area contributed by atoms with Gasteiger partial charge in [0.1, 0.15) is 0 Å². The molecule has 0 fully saturated rings. The van der Waals surface area contributed by atoms with E-state index < -0.39 is 5.97 Å². The van der Waals surface area contributed by atoms with Crippen molar-refractivity contribution in [3.8, 4) is 0 Å². The molecule has 138 valence electrons. The van der Waals surface area contributed by atoms with E-state index in [1.807, 2.05) is 25.1 Å². The molecule has 0 saturated carbocycles. The first-order valence-corrected chi connectivity index (χ1v) is 9.23. The number of carboxylic acid groups (broad SMARTS) is 1. The van der Waals surface area contributed by atoms with Gasteiger partial charge in [-0.05, 0) is 31.7 Å². The molecule has 1 aliphatic rings. The number of aromatic nitrogens is 2. The van der Waals surface area contributed by atoms with Crippen LogP contribution in [0.2, 0.25) is 0 Å². The van der Waals surface area contributed by atoms with E-state index in [0.29, 0.717) is 38.0 Å². The zero-order valence-electron chi connectivity index (χ0n) is 15.1. The quantitative estimate of drug-likeness (QED) is 0.775. The number of unbranched alkanes of at least 4 members (excludes halogenated alkanes) is 1. The van der Waals surface area contributed by atoms with Crippen molar-refractivity contribution in [2.75, 3.05) is 6.54 Å². The van der Waals surface area contributed by atoms with Gasteiger partial charge in [-0.1, -0.05) is 30.3 Å². The Hall–Kier alpha value is -2.63. The summed E-state index contributed by atoms with van der Waals surface area (Å²) in [5.41, 5.74) is 3.03. The highest BCUT2D eigenvalue weighted by Crippen LogP contribution is 2.23. The van der Waals surface area contributed by atoms with Crippen LogP contribution in [-0.4, -0.2) is 38.2 Å². The molecule has 26 heavy (non-hydrogen) atoms. The molecular weight excluding hydrogens is 330 g/mol. The number of amides is 1. The Morgan fingerprint density at radius 2 is 1.96 bits per heavy atom. The van der Waals surface area contributed by atoms with Crippen LogP contribution in [0.1, 0.15) is 53.5 Å². The van der Waals surface area contributed by atoms with Gasteiger partial charge in [0.15, 0.2) is 5.69 Å². The summed E-state index contributed by atoms with van der Waals surface area (Å²) in [4.78, 5) is 25.7. The second-order valence-corrected chi connectivity index (χ2v) is 6.65. The normalized spacial score (nSPS) is 13.5. The lowest BCUT2D eigenvalue weighted by atomic mass is 10.0. The number of fused-ring (bicyclic) bond motifs is 1. The topological polar surface area (TPSA) is 75.4 Å². The van der Waals surface area contributed by atoms with E-state index in [-0.39, 0.29) is 11.6 Å². The predicted molar refractivity (Wildman–Crippen MR) is 98.0 cm³/mol. The van der Waals surface area contributed by atoms with Gasteiger partial charge in [0, 0.05) is 43.7 Å². The Morgan fingerprint density at radius 3 is 2.65 bits per heavy atom. The van der Waals surface area contributed by atoms with E-state index in [2.05, 4.69) is 17.2 Å². The van der Waals surface area contributed by atoms with Gasteiger partial charge in [-0.25, -0.2) is 4.79 Å². The lowest BCUT2D eigenvalue weighted by molar-refractivity contribution is -0.132. The number of nitrogens with zero attached hydrogens (tertiary/aromatic N) is 3. The SMILES string of the molecule is CCn1nc(C(=O)O)c2c1CCN(C(=O)CCCCc1ccccc1)C2. The second kappa shape index (κ2) is 8.17. The lowest BCUT2D eigenvalue weighted by Gasteiger charge is -2.27. The molecule has 6 nitrogen and oxygen atoms in total. The third-order valence-electron chi connectivity index (χ3n) is 4.94. The second-order valence-electron chi connectivity index (χ2n) is 6.65. The van der Waals surface area contributed by atoms with Gasteiger partial charge in [0.25, 0.3) is 0 Å². The molecule has 0 aliphatic carbocycles. The lowest BCUT2D eigenvalue weighted by Crippen LogP contribution is -2.36. The van der Waals surface area contributed by atoms with Crippen molar-refractivity contribution >= 4 is 11.9 Å². The minimum absolute atomic E-state index is 0.0865. The number of hydrogen-bond acceptors (Lipinski definition) is 3. The molecule has 0 bridgehead atoms. The highest BCUT2D eigenvalue weighted by Gasteiger charge is 2.29. The van der Waals surface area contributed by atoms with E-state index in [0.717, 1.165) is 25.0 Å². The van der Waals surface area contributed by atoms with Gasteiger partial charge in [-0.3, -0.25) is 9.48 Å². The third-order valence-corrected chi connectivity index (χ3v) is 4.94. The summed E-state index contributed by atoms with van der Waals surface area (Å²) in [6, 6.07) is 10.3. The summed E-state index contributed by atoms with van der Waals surface area (Å²) in [5.74, 6) is -0.921. The molecule has 1 N–H and O–H groups in total. The highest BCUT2D eigenvalue weighted by molar-refractivity contribution is 5.88. The minimum Gasteiger partial charge on any atom is -0.476 e. The van der Waals surface area contributed by atoms with Crippen LogP contribution in [-0.2, 0) is 30.7 Å². The zero-order chi connectivity index (χ0) is 18.5. The summed E-state index contributed by atoms with van der Waals surface area (Å²) in [5, 5.41) is 13.6. The Morgan fingerprint density at radius 1 is 1.19 bits per heavy atom. The predicted octanol–water partition coefficient (Wildman–Crippen LogP) is 2.90. The third kappa shape index (κ3) is 3.95. The number of hydrogen-bond donors (Lipinski definition) is 1. The molecule has 2 aromatic rings. The van der Waals surface area contributed by atoms with E-state index in [1.165, 1.54) is 5.56 Å². The van der Waals surface area contributed by atoms with E-state index in [4.69, 9.17) is 0 Å². The zero-order valence-corrected chi connectivity index (χ0v) is 15.1. The maximum Gasteiger partial charge on any atom is 0.356 e. The number of carboxylic acids is 1. The smallest absolute Gasteiger partial charge is 0.356 e. The van der Waals surface area contributed by atoms with Crippen LogP contribution >= 0.6 is 0 Å². The van der Waals surface area contributed by atoms with Crippen molar-refractivity contribution in [3.05, 3.63) is 52.8 Å². The van der Waals surface area contributed by atoms with Crippen LogP contribution in [0.25, 0.3) is 0 Å². The summed E-state index contributed by atoms with van der Waals surface area (Å²) in [6.07, 6.45) is 3.97. The molecule has 2 heterocycles. The van der Waals surface area contributed by atoms with Crippen LogP contribution in [0.15, 0.2) is 30.3 Å². The first-order valence-electron chi connectivity index (χ1n) is 9.23. The maximum atomic E-state index is 12.5. The first-order chi connectivity index (χ1) is 12.6. The molecular formula is C20H25N3O3. The Bertz CT molecular complexity index is 783. The molecule has 0 radical (unpaired) electrons. The van der Waals surface area contributed by atoms with Crippen molar-refractivity contribution in [2.45, 2.75) is 52.1 Å². The van der Waals surface area contributed by atoms with Crippen molar-refractivity contribution in [3.63, 3.8) is 0 Å². The van der Waals surface area contributed by atoms with Crippen LogP contribution in [0.4, 0.5) is 0 Å². The van der Waals surface area contributed by atoms with Crippen molar-refractivity contribution in [2.24, 2.45) is 0 Å². The summed E-state index contributed by atoms with van der Waals surface area (Å²) >= 11 is 0. The number of carbonyl (C=O) groups is 2. The molecule has 1 aromatic heterocycles. The molecule has 1 aromatic carbocycles. The molecule has 0 unspecified atom stereocenters. The van der Waals surface area contributed by atoms with Crippen molar-refractivity contribution in [1.82, 2.24) is 14.7 Å². The minimum atomic E-state index is -1.02. The Kier molecular flexibility index (Phi) is 5.71. The van der Waals surface area contributed by atoms with Gasteiger partial charge in [-0.15, -0.1) is 0 Å². The summed E-state index contributed by atoms with van der Waals surface area (Å²) in [7, 11) is 0. The van der Waals surface area contributed by atoms with Gasteiger partial charge >= 0.3 is 5.97 Å². The fourth-order valence-electron chi connectivity index (χ4n) is 3.55. The summed E-state index contributed by atoms with van der Waals surface area (Å²) < 4.78 is 1.75. The number of benzene rings is 1. The molecule has 1 amide bonds. The van der Waals surface area contributed by atoms with E-state index in [9.17, 15) is 14.7 Å². The first kappa shape index (κ1) is 18.2. The average molecular weight is 355 g/mol. The fraction of sp³-hybridized carbons (Fsp3) is 0.450. The number of aryl methyl sites for hydroxylation is 2. The van der Waals surface area contributed by atoms with Gasteiger partial charge in [0.05, 0.1) is 0 Å². The van der Waals surface area contributed by atoms with Crippen LogP contribution in [0.5, 0.6) is 0 Å². The van der Waals surface area contributed by atoms with Gasteiger partial charge in [-0.2, -0.15) is 5.10 Å². The Labute approximate surface area is 153 Å². The Balaban J connectivity index is 1.55. The molecule has 6 heteroatoms. The maximum absolute atomic E-state index is 12.5. The van der Waals surface area contributed by atoms with Crippen LogP contribution in [0, 0.1) is 0 Å². The highest BCUT2D eigenvalue weighted by atomic mass is 16.4. The van der Waals surface area contributed by atoms with Crippen LogP contribution in [0.3, 0.4) is 0 Å². The number of carbonyl (C=O) groups excluding carboxylic acids is 1. The standard InChI is InChI=1S/C20H25N3O3/c1-2-23-17-12-13-22(14-16(17)19(21-23)20(25)26)18(24)11-7-6-10-15-8-4-3-5-9-15/h3-5,8-9H,2,6-7,10-14H2,1H3,(H,25,26). The van der Waals surface area contributed by atoms with Crippen molar-refractivity contribution < 1.29 is 14.7 Å². The fourth-order valence-corrected chi connectivity index (χ4v) is 3.55. The van der Waals surface area contributed by atoms with Gasteiger partial charge in [0.2, 0.25) is 5.91 Å². The van der Waals surface area contributed by atoms with Crippen LogP contribution < -0.4 is 0 Å². The monoisotopic (exact) mass is 355 g/mol. The van der Waals surface area contributed by atoms with E-state index >= 15 is 0 Å². The number of aromatic carboxylic acids is 1. The van der Waals surface area contributed by atoms with Gasteiger partial charge < -0.3 is 10.0 Å². The van der Waals surface area contributed by atoms with E-state index in [1.54, 1.807) is 9.58 Å². The van der Waals surface area contributed by atoms with Crippen molar-refractivity contribution in [1.29, 1.82) is 0 Å². The molecule has 1 aliphatic heterocycles. The average Bonchev–Trinajstić information content (AvgIpc) is 3.04.